The van der Waals surface area contributed by atoms with Gasteiger partial charge in [-0.2, -0.15) is 0 Å². The molecule has 0 bridgehead atoms. The Balaban J connectivity index is 1.73. The van der Waals surface area contributed by atoms with Crippen LogP contribution in [0.3, 0.4) is 0 Å². The second kappa shape index (κ2) is 7.35. The van der Waals surface area contributed by atoms with Crippen LogP contribution < -0.4 is 0 Å². The van der Waals surface area contributed by atoms with Gasteiger partial charge in [-0.3, -0.25) is 14.5 Å². The number of thioether (sulfide) groups is 1. The fourth-order valence-corrected chi connectivity index (χ4v) is 4.34. The summed E-state index contributed by atoms with van der Waals surface area (Å²) in [5, 5.41) is 9.86. The summed E-state index contributed by atoms with van der Waals surface area (Å²) in [6, 6.07) is 7.49. The number of carboxylic acids is 1. The number of methoxy groups -OCH3 is 1. The zero-order chi connectivity index (χ0) is 18.0. The molecule has 1 aromatic rings. The Kier molecular flexibility index (Phi) is 5.36. The predicted molar refractivity (Wildman–Crippen MR) is 96.0 cm³/mol. The number of likely N-dealkylation sites (tertiary alicyclic amines) is 2. The summed E-state index contributed by atoms with van der Waals surface area (Å²) in [5.74, 6) is -0.909. The summed E-state index contributed by atoms with van der Waals surface area (Å²) in [7, 11) is 1.65. The highest BCUT2D eigenvalue weighted by Crippen LogP contribution is 2.43. The normalized spacial score (nSPS) is 26.0. The third kappa shape index (κ3) is 3.41. The number of rotatable bonds is 6. The number of aliphatic carboxylic acids is 1. The Morgan fingerprint density at radius 1 is 1.28 bits per heavy atom. The molecule has 2 aliphatic heterocycles. The van der Waals surface area contributed by atoms with Gasteiger partial charge >= 0.3 is 5.97 Å². The third-order valence-electron chi connectivity index (χ3n) is 5.34. The smallest absolute Gasteiger partial charge is 0.313 e. The molecule has 6 nitrogen and oxygen atoms in total. The van der Waals surface area contributed by atoms with E-state index in [0.29, 0.717) is 31.8 Å². The quantitative estimate of drug-likeness (QED) is 0.772. The van der Waals surface area contributed by atoms with Crippen molar-refractivity contribution >= 4 is 23.6 Å². The van der Waals surface area contributed by atoms with E-state index >= 15 is 0 Å². The predicted octanol–water partition coefficient (Wildman–Crippen LogP) is 1.51. The monoisotopic (exact) mass is 364 g/mol. The summed E-state index contributed by atoms with van der Waals surface area (Å²) in [4.78, 5) is 29.8. The van der Waals surface area contributed by atoms with Crippen LogP contribution in [0.5, 0.6) is 0 Å². The van der Waals surface area contributed by atoms with Crippen molar-refractivity contribution in [2.75, 3.05) is 52.7 Å². The molecule has 2 heterocycles. The van der Waals surface area contributed by atoms with Crippen molar-refractivity contribution < 1.29 is 19.4 Å². The highest BCUT2D eigenvalue weighted by atomic mass is 32.2. The maximum absolute atomic E-state index is 12.8. The molecular formula is C18H24N2O4S. The number of amides is 1. The van der Waals surface area contributed by atoms with Crippen molar-refractivity contribution in [1.29, 1.82) is 0 Å². The first kappa shape index (κ1) is 18.2. The van der Waals surface area contributed by atoms with Crippen LogP contribution in [0.25, 0.3) is 0 Å². The van der Waals surface area contributed by atoms with Crippen LogP contribution in [-0.4, -0.2) is 79.5 Å². The van der Waals surface area contributed by atoms with Gasteiger partial charge in [-0.15, -0.1) is 11.8 Å². The first-order valence-corrected chi connectivity index (χ1v) is 9.60. The minimum Gasteiger partial charge on any atom is -0.481 e. The van der Waals surface area contributed by atoms with Crippen LogP contribution in [0.1, 0.15) is 10.4 Å². The first-order valence-electron chi connectivity index (χ1n) is 8.38. The van der Waals surface area contributed by atoms with Gasteiger partial charge in [-0.05, 0) is 30.5 Å². The van der Waals surface area contributed by atoms with Crippen molar-refractivity contribution in [1.82, 2.24) is 9.80 Å². The molecule has 136 valence electrons. The van der Waals surface area contributed by atoms with Crippen LogP contribution in [-0.2, 0) is 9.53 Å². The second-order valence-corrected chi connectivity index (χ2v) is 7.68. The molecule has 2 saturated heterocycles. The van der Waals surface area contributed by atoms with Crippen molar-refractivity contribution in [3.05, 3.63) is 29.8 Å². The first-order chi connectivity index (χ1) is 12.0. The Labute approximate surface area is 152 Å². The summed E-state index contributed by atoms with van der Waals surface area (Å²) in [5.41, 5.74) is -0.239. The fraction of sp³-hybridized carbons (Fsp3) is 0.556. The molecule has 2 aliphatic rings. The zero-order valence-electron chi connectivity index (χ0n) is 14.6. The van der Waals surface area contributed by atoms with Gasteiger partial charge in [0.2, 0.25) is 0 Å². The van der Waals surface area contributed by atoms with Crippen LogP contribution in [0.15, 0.2) is 29.2 Å². The molecular weight excluding hydrogens is 340 g/mol. The van der Waals surface area contributed by atoms with Crippen molar-refractivity contribution in [2.45, 2.75) is 4.90 Å². The van der Waals surface area contributed by atoms with Gasteiger partial charge in [0, 0.05) is 56.2 Å². The van der Waals surface area contributed by atoms with Crippen molar-refractivity contribution in [3.63, 3.8) is 0 Å². The average Bonchev–Trinajstić information content (AvgIpc) is 3.14. The molecule has 0 radical (unpaired) electrons. The molecule has 3 rings (SSSR count). The van der Waals surface area contributed by atoms with Crippen molar-refractivity contribution in [3.8, 4) is 0 Å². The lowest BCUT2D eigenvalue weighted by Crippen LogP contribution is -2.42. The Morgan fingerprint density at radius 3 is 2.56 bits per heavy atom. The Hall–Kier alpha value is -1.57. The van der Waals surface area contributed by atoms with E-state index in [0.717, 1.165) is 11.4 Å². The van der Waals surface area contributed by atoms with Crippen LogP contribution in [0.4, 0.5) is 0 Å². The lowest BCUT2D eigenvalue weighted by Gasteiger charge is -2.25. The average molecular weight is 364 g/mol. The van der Waals surface area contributed by atoms with Gasteiger partial charge in [-0.25, -0.2) is 0 Å². The maximum Gasteiger partial charge on any atom is 0.313 e. The fourth-order valence-electron chi connectivity index (χ4n) is 3.93. The number of hydrogen-bond acceptors (Lipinski definition) is 5. The summed E-state index contributed by atoms with van der Waals surface area (Å²) >= 11 is 1.63. The van der Waals surface area contributed by atoms with E-state index in [1.165, 1.54) is 0 Å². The number of nitrogens with zero attached hydrogens (tertiary/aromatic N) is 2. The highest BCUT2D eigenvalue weighted by molar-refractivity contribution is 7.98. The molecule has 2 fully saturated rings. The number of carbonyl (C=O) groups excluding carboxylic acids is 1. The van der Waals surface area contributed by atoms with Gasteiger partial charge in [0.05, 0.1) is 6.61 Å². The van der Waals surface area contributed by atoms with E-state index in [1.54, 1.807) is 23.8 Å². The van der Waals surface area contributed by atoms with E-state index in [-0.39, 0.29) is 18.4 Å². The largest absolute Gasteiger partial charge is 0.481 e. The zero-order valence-corrected chi connectivity index (χ0v) is 15.4. The molecule has 2 atom stereocenters. The SMILES string of the molecule is COCCN1C[C@H]2CN(C(=O)c3ccc(SC)cc3)C[C@@]2(C(=O)O)C1. The van der Waals surface area contributed by atoms with Crippen molar-refractivity contribution in [2.24, 2.45) is 11.3 Å². The van der Waals surface area contributed by atoms with E-state index in [1.807, 2.05) is 30.5 Å². The molecule has 1 amide bonds. The number of carboxylic acid groups (broad SMARTS) is 1. The Bertz CT molecular complexity index is 651. The molecule has 0 unspecified atom stereocenters. The third-order valence-corrected chi connectivity index (χ3v) is 6.08. The standard InChI is InChI=1S/C18H24N2O4S/c1-24-8-7-19-9-14-10-20(12-18(14,11-19)17(22)23)16(21)13-3-5-15(25-2)6-4-13/h3-6,14H,7-12H2,1-2H3,(H,22,23)/t14-,18-/m0/s1. The van der Waals surface area contributed by atoms with Crippen LogP contribution >= 0.6 is 11.8 Å². The Morgan fingerprint density at radius 2 is 2.00 bits per heavy atom. The number of carbonyl (C=O) groups is 2. The maximum atomic E-state index is 12.8. The molecule has 0 spiro atoms. The van der Waals surface area contributed by atoms with E-state index in [2.05, 4.69) is 4.90 Å². The molecule has 1 N–H and O–H groups in total. The summed E-state index contributed by atoms with van der Waals surface area (Å²) in [6.07, 6.45) is 1.99. The van der Waals surface area contributed by atoms with E-state index in [9.17, 15) is 14.7 Å². The molecule has 0 aliphatic carbocycles. The molecule has 1 aromatic carbocycles. The second-order valence-electron chi connectivity index (χ2n) is 6.80. The van der Waals surface area contributed by atoms with Gasteiger partial charge < -0.3 is 14.7 Å². The summed E-state index contributed by atoms with van der Waals surface area (Å²) in [6.45, 7) is 3.27. The number of hydrogen-bond donors (Lipinski definition) is 1. The number of ether oxygens (including phenoxy) is 1. The lowest BCUT2D eigenvalue weighted by atomic mass is 9.81. The lowest BCUT2D eigenvalue weighted by molar-refractivity contribution is -0.148. The van der Waals surface area contributed by atoms with E-state index in [4.69, 9.17) is 4.74 Å². The molecule has 25 heavy (non-hydrogen) atoms. The topological polar surface area (TPSA) is 70.1 Å². The minimum absolute atomic E-state index is 0.0312. The van der Waals surface area contributed by atoms with Crippen LogP contribution in [0.2, 0.25) is 0 Å². The molecule has 7 heteroatoms. The summed E-state index contributed by atoms with van der Waals surface area (Å²) < 4.78 is 5.10. The molecule has 0 aromatic heterocycles. The van der Waals surface area contributed by atoms with Crippen LogP contribution in [0, 0.1) is 11.3 Å². The van der Waals surface area contributed by atoms with E-state index < -0.39 is 11.4 Å². The molecule has 0 saturated carbocycles. The van der Waals surface area contributed by atoms with Gasteiger partial charge in [-0.1, -0.05) is 0 Å². The highest BCUT2D eigenvalue weighted by Gasteiger charge is 2.58. The van der Waals surface area contributed by atoms with Gasteiger partial charge in [0.25, 0.3) is 5.91 Å². The number of benzene rings is 1. The van der Waals surface area contributed by atoms with Gasteiger partial charge in [0.1, 0.15) is 5.41 Å². The minimum atomic E-state index is -0.859. The van der Waals surface area contributed by atoms with Gasteiger partial charge in [0.15, 0.2) is 0 Å². The number of fused-ring (bicyclic) bond motifs is 1.